The molecule has 2 heterocycles. The van der Waals surface area contributed by atoms with Gasteiger partial charge >= 0.3 is 0 Å². The molecule has 0 saturated carbocycles. The SMILES string of the molecule is CCCCC(=O)NCCOCCn1cnc2c(N)nc3ccccc3c21. The molecular weight excluding hydrogens is 330 g/mol. The number of benzene rings is 1. The fraction of sp³-hybridized carbons (Fsp3) is 0.421. The average molecular weight is 355 g/mol. The number of imidazole rings is 1. The molecule has 3 rings (SSSR count). The Labute approximate surface area is 152 Å². The van der Waals surface area contributed by atoms with Crippen LogP contribution in [0.1, 0.15) is 26.2 Å². The van der Waals surface area contributed by atoms with E-state index in [1.165, 1.54) is 0 Å². The number of anilines is 1. The number of carbonyl (C=O) groups excluding carboxylic acids is 1. The second kappa shape index (κ2) is 8.62. The lowest BCUT2D eigenvalue weighted by atomic mass is 10.2. The summed E-state index contributed by atoms with van der Waals surface area (Å²) in [5.74, 6) is 0.527. The van der Waals surface area contributed by atoms with Crippen LogP contribution >= 0.6 is 0 Å². The molecule has 0 aliphatic rings. The second-order valence-electron chi connectivity index (χ2n) is 6.22. The van der Waals surface area contributed by atoms with E-state index in [2.05, 4.69) is 22.2 Å². The summed E-state index contributed by atoms with van der Waals surface area (Å²) >= 11 is 0. The van der Waals surface area contributed by atoms with Gasteiger partial charge in [0.15, 0.2) is 5.82 Å². The van der Waals surface area contributed by atoms with Crippen LogP contribution in [0.15, 0.2) is 30.6 Å². The van der Waals surface area contributed by atoms with Gasteiger partial charge < -0.3 is 20.4 Å². The number of unbranched alkanes of at least 4 members (excludes halogenated alkanes) is 1. The summed E-state index contributed by atoms with van der Waals surface area (Å²) in [6.45, 7) is 4.30. The van der Waals surface area contributed by atoms with Crippen molar-refractivity contribution in [3.05, 3.63) is 30.6 Å². The van der Waals surface area contributed by atoms with E-state index in [1.54, 1.807) is 6.33 Å². The van der Waals surface area contributed by atoms with Crippen molar-refractivity contribution in [1.29, 1.82) is 0 Å². The standard InChI is InChI=1S/C19H25N5O2/c1-2-3-8-16(25)21-9-11-26-12-10-24-13-22-17-18(24)14-6-4-5-7-15(14)23-19(17)20/h4-7,13H,2-3,8-12H2,1H3,(H2,20,23)(H,21,25). The first-order valence-corrected chi connectivity index (χ1v) is 9.04. The van der Waals surface area contributed by atoms with Gasteiger partial charge in [-0.1, -0.05) is 31.5 Å². The van der Waals surface area contributed by atoms with E-state index < -0.39 is 0 Å². The van der Waals surface area contributed by atoms with E-state index in [0.29, 0.717) is 44.1 Å². The highest BCUT2D eigenvalue weighted by Gasteiger charge is 2.11. The van der Waals surface area contributed by atoms with Crippen molar-refractivity contribution in [2.75, 3.05) is 25.5 Å². The highest BCUT2D eigenvalue weighted by Crippen LogP contribution is 2.26. The Balaban J connectivity index is 1.56. The normalized spacial score (nSPS) is 11.3. The Morgan fingerprint density at radius 2 is 2.15 bits per heavy atom. The summed E-state index contributed by atoms with van der Waals surface area (Å²) in [6, 6.07) is 7.89. The predicted molar refractivity (Wildman–Crippen MR) is 103 cm³/mol. The molecule has 26 heavy (non-hydrogen) atoms. The minimum atomic E-state index is 0.0884. The number of ether oxygens (including phenoxy) is 1. The molecule has 3 aromatic rings. The zero-order chi connectivity index (χ0) is 18.4. The number of carbonyl (C=O) groups is 1. The molecule has 0 aliphatic heterocycles. The number of rotatable bonds is 9. The first-order valence-electron chi connectivity index (χ1n) is 9.04. The van der Waals surface area contributed by atoms with Gasteiger partial charge in [-0.2, -0.15) is 0 Å². The van der Waals surface area contributed by atoms with Crippen molar-refractivity contribution in [2.24, 2.45) is 0 Å². The monoisotopic (exact) mass is 355 g/mol. The molecule has 0 bridgehead atoms. The number of hydrogen-bond donors (Lipinski definition) is 2. The van der Waals surface area contributed by atoms with Crippen molar-refractivity contribution < 1.29 is 9.53 Å². The molecule has 1 aromatic carbocycles. The van der Waals surface area contributed by atoms with E-state index >= 15 is 0 Å². The second-order valence-corrected chi connectivity index (χ2v) is 6.22. The predicted octanol–water partition coefficient (Wildman–Crippen LogP) is 2.49. The first-order chi connectivity index (χ1) is 12.7. The van der Waals surface area contributed by atoms with E-state index in [9.17, 15) is 4.79 Å². The molecule has 138 valence electrons. The number of nitrogens with zero attached hydrogens (tertiary/aromatic N) is 3. The lowest BCUT2D eigenvalue weighted by Gasteiger charge is -2.09. The highest BCUT2D eigenvalue weighted by atomic mass is 16.5. The summed E-state index contributed by atoms with van der Waals surface area (Å²) in [6.07, 6.45) is 4.30. The van der Waals surface area contributed by atoms with Crippen molar-refractivity contribution in [2.45, 2.75) is 32.7 Å². The number of nitrogens with two attached hydrogens (primary N) is 1. The number of hydrogen-bond acceptors (Lipinski definition) is 5. The van der Waals surface area contributed by atoms with E-state index in [1.807, 2.05) is 28.8 Å². The van der Waals surface area contributed by atoms with Crippen LogP contribution < -0.4 is 11.1 Å². The van der Waals surface area contributed by atoms with Crippen LogP contribution in [0.3, 0.4) is 0 Å². The average Bonchev–Trinajstić information content (AvgIpc) is 3.08. The molecule has 0 fully saturated rings. The molecule has 0 unspecified atom stereocenters. The lowest BCUT2D eigenvalue weighted by molar-refractivity contribution is -0.121. The molecule has 7 nitrogen and oxygen atoms in total. The third kappa shape index (κ3) is 4.11. The fourth-order valence-electron chi connectivity index (χ4n) is 2.93. The highest BCUT2D eigenvalue weighted by molar-refractivity contribution is 6.06. The quantitative estimate of drug-likeness (QED) is 0.575. The van der Waals surface area contributed by atoms with Gasteiger partial charge in [0.2, 0.25) is 5.91 Å². The fourth-order valence-corrected chi connectivity index (χ4v) is 2.93. The summed E-state index contributed by atoms with van der Waals surface area (Å²) in [4.78, 5) is 20.3. The van der Waals surface area contributed by atoms with Gasteiger partial charge in [0.1, 0.15) is 5.52 Å². The zero-order valence-electron chi connectivity index (χ0n) is 15.1. The molecule has 0 saturated heterocycles. The molecule has 0 spiro atoms. The molecule has 7 heteroatoms. The number of amides is 1. The van der Waals surface area contributed by atoms with Gasteiger partial charge in [-0.3, -0.25) is 4.79 Å². The molecule has 1 amide bonds. The largest absolute Gasteiger partial charge is 0.382 e. The Morgan fingerprint density at radius 1 is 1.31 bits per heavy atom. The number of pyridine rings is 1. The van der Waals surface area contributed by atoms with Crippen LogP contribution in [-0.4, -0.2) is 40.2 Å². The van der Waals surface area contributed by atoms with Crippen LogP contribution in [-0.2, 0) is 16.1 Å². The number of fused-ring (bicyclic) bond motifs is 3. The lowest BCUT2D eigenvalue weighted by Crippen LogP contribution is -2.27. The molecule has 0 aliphatic carbocycles. The van der Waals surface area contributed by atoms with Crippen LogP contribution in [0, 0.1) is 0 Å². The van der Waals surface area contributed by atoms with Crippen LogP contribution in [0.2, 0.25) is 0 Å². The van der Waals surface area contributed by atoms with Crippen molar-refractivity contribution >= 4 is 33.7 Å². The zero-order valence-corrected chi connectivity index (χ0v) is 15.1. The van der Waals surface area contributed by atoms with E-state index in [4.69, 9.17) is 10.5 Å². The third-order valence-corrected chi connectivity index (χ3v) is 4.28. The van der Waals surface area contributed by atoms with Gasteiger partial charge in [0.25, 0.3) is 0 Å². The maximum Gasteiger partial charge on any atom is 0.220 e. The summed E-state index contributed by atoms with van der Waals surface area (Å²) in [5.41, 5.74) is 8.58. The van der Waals surface area contributed by atoms with Gasteiger partial charge in [0.05, 0.1) is 30.6 Å². The minimum absolute atomic E-state index is 0.0884. The van der Waals surface area contributed by atoms with Crippen LogP contribution in [0.5, 0.6) is 0 Å². The molecule has 0 atom stereocenters. The van der Waals surface area contributed by atoms with Gasteiger partial charge in [0, 0.05) is 24.9 Å². The first kappa shape index (κ1) is 18.1. The Bertz CT molecular complexity index is 890. The summed E-state index contributed by atoms with van der Waals surface area (Å²) in [5, 5.41) is 3.89. The maximum absolute atomic E-state index is 11.5. The van der Waals surface area contributed by atoms with Crippen molar-refractivity contribution in [1.82, 2.24) is 19.9 Å². The summed E-state index contributed by atoms with van der Waals surface area (Å²) in [7, 11) is 0. The molecular formula is C19H25N5O2. The number of nitrogen functional groups attached to an aromatic ring is 1. The number of nitrogens with one attached hydrogen (secondary N) is 1. The Hall–Kier alpha value is -2.67. The Morgan fingerprint density at radius 3 is 3.00 bits per heavy atom. The smallest absolute Gasteiger partial charge is 0.220 e. The maximum atomic E-state index is 11.5. The van der Waals surface area contributed by atoms with Gasteiger partial charge in [-0.25, -0.2) is 9.97 Å². The van der Waals surface area contributed by atoms with Crippen molar-refractivity contribution in [3.63, 3.8) is 0 Å². The van der Waals surface area contributed by atoms with Gasteiger partial charge in [-0.05, 0) is 12.5 Å². The minimum Gasteiger partial charge on any atom is -0.382 e. The molecule has 2 aromatic heterocycles. The number of aromatic nitrogens is 3. The van der Waals surface area contributed by atoms with Gasteiger partial charge in [-0.15, -0.1) is 0 Å². The topological polar surface area (TPSA) is 95.1 Å². The third-order valence-electron chi connectivity index (χ3n) is 4.28. The van der Waals surface area contributed by atoms with E-state index in [-0.39, 0.29) is 5.91 Å². The molecule has 0 radical (unpaired) electrons. The van der Waals surface area contributed by atoms with E-state index in [0.717, 1.165) is 29.3 Å². The van der Waals surface area contributed by atoms with Crippen LogP contribution in [0.25, 0.3) is 21.9 Å². The molecule has 3 N–H and O–H groups in total. The Kier molecular flexibility index (Phi) is 6.01. The summed E-state index contributed by atoms with van der Waals surface area (Å²) < 4.78 is 7.68. The van der Waals surface area contributed by atoms with Crippen molar-refractivity contribution in [3.8, 4) is 0 Å². The number of para-hydroxylation sites is 1. The van der Waals surface area contributed by atoms with Crippen LogP contribution in [0.4, 0.5) is 5.82 Å².